The van der Waals surface area contributed by atoms with Crippen LogP contribution in [0.2, 0.25) is 0 Å². The number of hydrogen-bond acceptors (Lipinski definition) is 2. The number of benzene rings is 1. The lowest BCUT2D eigenvalue weighted by Crippen LogP contribution is -2.05. The summed E-state index contributed by atoms with van der Waals surface area (Å²) in [4.78, 5) is 4.01. The SMILES string of the molecule is CC(O)Cc1cccc(Cn2ccnc2)c1. The van der Waals surface area contributed by atoms with Crippen molar-refractivity contribution in [1.82, 2.24) is 9.55 Å². The lowest BCUT2D eigenvalue weighted by molar-refractivity contribution is 0.195. The molecule has 0 bridgehead atoms. The largest absolute Gasteiger partial charge is 0.393 e. The Kier molecular flexibility index (Phi) is 3.37. The minimum atomic E-state index is -0.288. The van der Waals surface area contributed by atoms with Gasteiger partial charge in [0.1, 0.15) is 0 Å². The normalized spacial score (nSPS) is 12.6. The average molecular weight is 216 g/mol. The molecule has 0 amide bonds. The highest BCUT2D eigenvalue weighted by molar-refractivity contribution is 5.24. The summed E-state index contributed by atoms with van der Waals surface area (Å²) in [6.07, 6.45) is 5.95. The van der Waals surface area contributed by atoms with Crippen LogP contribution in [0.25, 0.3) is 0 Å². The molecule has 0 spiro atoms. The Morgan fingerprint density at radius 2 is 2.19 bits per heavy atom. The van der Waals surface area contributed by atoms with Gasteiger partial charge in [-0.3, -0.25) is 0 Å². The summed E-state index contributed by atoms with van der Waals surface area (Å²) in [5.74, 6) is 0. The van der Waals surface area contributed by atoms with E-state index in [2.05, 4.69) is 17.1 Å². The second-order valence-electron chi connectivity index (χ2n) is 4.11. The van der Waals surface area contributed by atoms with Gasteiger partial charge in [-0.15, -0.1) is 0 Å². The molecule has 0 aliphatic heterocycles. The Hall–Kier alpha value is -1.61. The number of imidazole rings is 1. The zero-order chi connectivity index (χ0) is 11.4. The first kappa shape index (κ1) is 10.9. The summed E-state index contributed by atoms with van der Waals surface area (Å²) < 4.78 is 2.03. The molecule has 1 N–H and O–H groups in total. The molecule has 1 aromatic carbocycles. The number of hydrogen-bond donors (Lipinski definition) is 1. The first-order valence-corrected chi connectivity index (χ1v) is 5.45. The quantitative estimate of drug-likeness (QED) is 0.847. The highest BCUT2D eigenvalue weighted by Gasteiger charge is 2.00. The standard InChI is InChI=1S/C13H16N2O/c1-11(16)7-12-3-2-4-13(8-12)9-15-6-5-14-10-15/h2-6,8,10-11,16H,7,9H2,1H3. The van der Waals surface area contributed by atoms with Crippen LogP contribution in [0, 0.1) is 0 Å². The summed E-state index contributed by atoms with van der Waals surface area (Å²) in [6.45, 7) is 2.64. The monoisotopic (exact) mass is 216 g/mol. The van der Waals surface area contributed by atoms with Crippen LogP contribution >= 0.6 is 0 Å². The van der Waals surface area contributed by atoms with Gasteiger partial charge in [0, 0.05) is 18.9 Å². The van der Waals surface area contributed by atoms with Gasteiger partial charge in [0.25, 0.3) is 0 Å². The zero-order valence-electron chi connectivity index (χ0n) is 9.37. The molecule has 2 aromatic rings. The molecule has 1 heterocycles. The number of aliphatic hydroxyl groups is 1. The van der Waals surface area contributed by atoms with Crippen LogP contribution in [0.3, 0.4) is 0 Å². The van der Waals surface area contributed by atoms with E-state index in [-0.39, 0.29) is 6.10 Å². The first-order chi connectivity index (χ1) is 7.74. The third-order valence-corrected chi connectivity index (χ3v) is 2.45. The molecule has 2 rings (SSSR count). The van der Waals surface area contributed by atoms with Gasteiger partial charge >= 0.3 is 0 Å². The molecule has 3 nitrogen and oxygen atoms in total. The fourth-order valence-electron chi connectivity index (χ4n) is 1.79. The van der Waals surface area contributed by atoms with Gasteiger partial charge in [-0.25, -0.2) is 4.98 Å². The van der Waals surface area contributed by atoms with Crippen molar-refractivity contribution in [2.75, 3.05) is 0 Å². The summed E-state index contributed by atoms with van der Waals surface area (Å²) in [5, 5.41) is 9.34. The Bertz CT molecular complexity index is 435. The van der Waals surface area contributed by atoms with Crippen molar-refractivity contribution >= 4 is 0 Å². The Balaban J connectivity index is 2.10. The van der Waals surface area contributed by atoms with Crippen LogP contribution in [0.5, 0.6) is 0 Å². The third kappa shape index (κ3) is 2.94. The van der Waals surface area contributed by atoms with E-state index in [9.17, 15) is 5.11 Å². The molecule has 0 saturated carbocycles. The van der Waals surface area contributed by atoms with Crippen molar-refractivity contribution in [3.05, 3.63) is 54.1 Å². The molecule has 1 unspecified atom stereocenters. The molecule has 84 valence electrons. The Morgan fingerprint density at radius 3 is 2.88 bits per heavy atom. The molecule has 3 heteroatoms. The first-order valence-electron chi connectivity index (χ1n) is 5.45. The number of aliphatic hydroxyl groups excluding tert-OH is 1. The molecule has 16 heavy (non-hydrogen) atoms. The van der Waals surface area contributed by atoms with E-state index >= 15 is 0 Å². The molecule has 0 radical (unpaired) electrons. The maximum absolute atomic E-state index is 9.34. The second-order valence-corrected chi connectivity index (χ2v) is 4.11. The maximum atomic E-state index is 9.34. The van der Waals surface area contributed by atoms with Gasteiger partial charge in [-0.1, -0.05) is 24.3 Å². The fraction of sp³-hybridized carbons (Fsp3) is 0.308. The van der Waals surface area contributed by atoms with Gasteiger partial charge < -0.3 is 9.67 Å². The van der Waals surface area contributed by atoms with Crippen molar-refractivity contribution in [1.29, 1.82) is 0 Å². The molecule has 0 aliphatic carbocycles. The van der Waals surface area contributed by atoms with Gasteiger partial charge in [0.05, 0.1) is 12.4 Å². The highest BCUT2D eigenvalue weighted by atomic mass is 16.3. The van der Waals surface area contributed by atoms with Crippen molar-refractivity contribution < 1.29 is 5.11 Å². The van der Waals surface area contributed by atoms with Crippen LogP contribution in [-0.4, -0.2) is 20.8 Å². The van der Waals surface area contributed by atoms with Crippen molar-refractivity contribution in [2.45, 2.75) is 26.0 Å². The van der Waals surface area contributed by atoms with Gasteiger partial charge in [0.2, 0.25) is 0 Å². The van der Waals surface area contributed by atoms with E-state index in [0.717, 1.165) is 6.54 Å². The molecule has 0 saturated heterocycles. The Labute approximate surface area is 95.4 Å². The predicted molar refractivity (Wildman–Crippen MR) is 63.2 cm³/mol. The maximum Gasteiger partial charge on any atom is 0.0949 e. The van der Waals surface area contributed by atoms with Crippen LogP contribution in [0.15, 0.2) is 43.0 Å². The van der Waals surface area contributed by atoms with Crippen LogP contribution in [0.4, 0.5) is 0 Å². The molecule has 1 aromatic heterocycles. The number of aromatic nitrogens is 2. The highest BCUT2D eigenvalue weighted by Crippen LogP contribution is 2.09. The van der Waals surface area contributed by atoms with E-state index in [4.69, 9.17) is 0 Å². The predicted octanol–water partition coefficient (Wildman–Crippen LogP) is 1.85. The molecule has 0 fully saturated rings. The van der Waals surface area contributed by atoms with Crippen molar-refractivity contribution in [2.24, 2.45) is 0 Å². The summed E-state index contributed by atoms with van der Waals surface area (Å²) in [7, 11) is 0. The fourth-order valence-corrected chi connectivity index (χ4v) is 1.79. The molecule has 0 aliphatic rings. The molecular formula is C13H16N2O. The van der Waals surface area contributed by atoms with Gasteiger partial charge in [-0.05, 0) is 24.5 Å². The van der Waals surface area contributed by atoms with Crippen LogP contribution < -0.4 is 0 Å². The van der Waals surface area contributed by atoms with E-state index in [0.29, 0.717) is 6.42 Å². The minimum Gasteiger partial charge on any atom is -0.393 e. The smallest absolute Gasteiger partial charge is 0.0949 e. The van der Waals surface area contributed by atoms with Crippen LogP contribution in [0.1, 0.15) is 18.1 Å². The van der Waals surface area contributed by atoms with E-state index < -0.39 is 0 Å². The lowest BCUT2D eigenvalue weighted by Gasteiger charge is -2.07. The van der Waals surface area contributed by atoms with Gasteiger partial charge in [-0.2, -0.15) is 0 Å². The minimum absolute atomic E-state index is 0.288. The topological polar surface area (TPSA) is 38.0 Å². The molecular weight excluding hydrogens is 200 g/mol. The Morgan fingerprint density at radius 1 is 1.38 bits per heavy atom. The second kappa shape index (κ2) is 4.94. The summed E-state index contributed by atoms with van der Waals surface area (Å²) in [5.41, 5.74) is 2.41. The van der Waals surface area contributed by atoms with Crippen molar-refractivity contribution in [3.63, 3.8) is 0 Å². The third-order valence-electron chi connectivity index (χ3n) is 2.45. The summed E-state index contributed by atoms with van der Waals surface area (Å²) >= 11 is 0. The molecule has 1 atom stereocenters. The van der Waals surface area contributed by atoms with Gasteiger partial charge in [0.15, 0.2) is 0 Å². The van der Waals surface area contributed by atoms with Crippen molar-refractivity contribution in [3.8, 4) is 0 Å². The van der Waals surface area contributed by atoms with E-state index in [1.54, 1.807) is 12.5 Å². The lowest BCUT2D eigenvalue weighted by atomic mass is 10.1. The number of nitrogens with zero attached hydrogens (tertiary/aromatic N) is 2. The average Bonchev–Trinajstić information content (AvgIpc) is 2.70. The summed E-state index contributed by atoms with van der Waals surface area (Å²) in [6, 6.07) is 8.30. The zero-order valence-corrected chi connectivity index (χ0v) is 9.37. The van der Waals surface area contributed by atoms with E-state index in [1.165, 1.54) is 11.1 Å². The number of rotatable bonds is 4. The van der Waals surface area contributed by atoms with E-state index in [1.807, 2.05) is 29.8 Å². The van der Waals surface area contributed by atoms with Crippen LogP contribution in [-0.2, 0) is 13.0 Å².